The van der Waals surface area contributed by atoms with Gasteiger partial charge < -0.3 is 23.8 Å². The van der Waals surface area contributed by atoms with E-state index in [0.717, 1.165) is 9.88 Å². The Kier molecular flexibility index (Phi) is 4.34. The number of thioether (sulfide) groups is 1. The van der Waals surface area contributed by atoms with E-state index in [1.54, 1.807) is 18.9 Å². The largest absolute Gasteiger partial charge is 0.354 e. The Hall–Kier alpha value is -0.700. The van der Waals surface area contributed by atoms with Crippen molar-refractivity contribution < 1.29 is 18.9 Å². The molecule has 7 heteroatoms. The van der Waals surface area contributed by atoms with Gasteiger partial charge in [0.25, 0.3) is 0 Å². The highest BCUT2D eigenvalue weighted by molar-refractivity contribution is 8.22. The smallest absolute Gasteiger partial charge is 0.184 e. The number of methoxy groups -OCH3 is 1. The standard InChI is InChI=1S/C16H19NO4S2/c1-18-15-12-11(17(12)16(22)23-2)13-10(20-15)8-19-14(21-13)9-6-4-3-5-7-9/h3-7,10-15H,8H2,1-2H3. The fourth-order valence-corrected chi connectivity index (χ4v) is 4.16. The van der Waals surface area contributed by atoms with E-state index in [1.807, 2.05) is 36.6 Å². The van der Waals surface area contributed by atoms with Crippen molar-refractivity contribution in [1.82, 2.24) is 4.90 Å². The van der Waals surface area contributed by atoms with Gasteiger partial charge in [-0.3, -0.25) is 0 Å². The average molecular weight is 353 g/mol. The van der Waals surface area contributed by atoms with E-state index in [0.29, 0.717) is 6.61 Å². The second-order valence-corrected chi connectivity index (χ2v) is 7.25. The number of thiocarbonyl (C=S) groups is 1. The van der Waals surface area contributed by atoms with Crippen LogP contribution in [0.2, 0.25) is 0 Å². The van der Waals surface area contributed by atoms with Crippen molar-refractivity contribution >= 4 is 28.3 Å². The van der Waals surface area contributed by atoms with Crippen molar-refractivity contribution in [2.75, 3.05) is 20.0 Å². The number of benzene rings is 1. The van der Waals surface area contributed by atoms with E-state index in [9.17, 15) is 0 Å². The van der Waals surface area contributed by atoms with Gasteiger partial charge in [-0.15, -0.1) is 11.8 Å². The summed E-state index contributed by atoms with van der Waals surface area (Å²) >= 11 is 7.03. The molecule has 0 aromatic heterocycles. The third-order valence-electron chi connectivity index (χ3n) is 4.58. The molecule has 3 fully saturated rings. The van der Waals surface area contributed by atoms with E-state index >= 15 is 0 Å². The first-order chi connectivity index (χ1) is 11.2. The van der Waals surface area contributed by atoms with Crippen LogP contribution in [0.25, 0.3) is 0 Å². The Morgan fingerprint density at radius 3 is 2.74 bits per heavy atom. The van der Waals surface area contributed by atoms with E-state index in [2.05, 4.69) is 4.90 Å². The minimum Gasteiger partial charge on any atom is -0.354 e. The lowest BCUT2D eigenvalue weighted by atomic mass is 10.0. The molecule has 1 aromatic carbocycles. The molecule has 0 radical (unpaired) electrons. The quantitative estimate of drug-likeness (QED) is 0.596. The first kappa shape index (κ1) is 15.8. The van der Waals surface area contributed by atoms with Crippen LogP contribution >= 0.6 is 24.0 Å². The molecule has 0 saturated carbocycles. The normalized spacial score (nSPS) is 38.6. The SMILES string of the molecule is COC1OC2COC(c3ccccc3)OC2C2C1N2C(=S)SC. The minimum absolute atomic E-state index is 0.0598. The molecule has 0 amide bonds. The Morgan fingerprint density at radius 1 is 1.26 bits per heavy atom. The maximum atomic E-state index is 6.23. The van der Waals surface area contributed by atoms with Crippen molar-refractivity contribution in [3.63, 3.8) is 0 Å². The average Bonchev–Trinajstić information content (AvgIpc) is 3.36. The summed E-state index contributed by atoms with van der Waals surface area (Å²) in [6.45, 7) is 0.493. The molecule has 3 saturated heterocycles. The second kappa shape index (κ2) is 6.31. The van der Waals surface area contributed by atoms with E-state index in [4.69, 9.17) is 31.2 Å². The predicted molar refractivity (Wildman–Crippen MR) is 91.2 cm³/mol. The van der Waals surface area contributed by atoms with E-state index < -0.39 is 0 Å². The molecule has 6 unspecified atom stereocenters. The van der Waals surface area contributed by atoms with Crippen LogP contribution in [0, 0.1) is 0 Å². The van der Waals surface area contributed by atoms with Crippen LogP contribution < -0.4 is 0 Å². The summed E-state index contributed by atoms with van der Waals surface area (Å²) in [5.41, 5.74) is 1.02. The summed E-state index contributed by atoms with van der Waals surface area (Å²) in [4.78, 5) is 2.17. The molecule has 124 valence electrons. The zero-order chi connectivity index (χ0) is 16.0. The lowest BCUT2D eigenvalue weighted by Crippen LogP contribution is -2.52. The lowest BCUT2D eigenvalue weighted by molar-refractivity contribution is -0.304. The fourth-order valence-electron chi connectivity index (χ4n) is 3.46. The third kappa shape index (κ3) is 2.69. The molecular weight excluding hydrogens is 334 g/mol. The predicted octanol–water partition coefficient (Wildman–Crippen LogP) is 2.17. The number of ether oxygens (including phenoxy) is 4. The molecule has 1 aromatic rings. The van der Waals surface area contributed by atoms with E-state index in [1.165, 1.54) is 0 Å². The lowest BCUT2D eigenvalue weighted by Gasteiger charge is -2.40. The van der Waals surface area contributed by atoms with Crippen molar-refractivity contribution in [2.24, 2.45) is 0 Å². The molecule has 3 aliphatic heterocycles. The van der Waals surface area contributed by atoms with Gasteiger partial charge in [-0.2, -0.15) is 0 Å². The first-order valence-electron chi connectivity index (χ1n) is 7.61. The highest BCUT2D eigenvalue weighted by atomic mass is 32.2. The van der Waals surface area contributed by atoms with Crippen LogP contribution in [0.4, 0.5) is 0 Å². The Balaban J connectivity index is 1.54. The van der Waals surface area contributed by atoms with Crippen LogP contribution in [0.5, 0.6) is 0 Å². The van der Waals surface area contributed by atoms with Crippen LogP contribution in [0.3, 0.4) is 0 Å². The summed E-state index contributed by atoms with van der Waals surface area (Å²) in [5, 5.41) is 0. The Bertz CT molecular complexity index is 587. The minimum atomic E-state index is -0.355. The molecule has 23 heavy (non-hydrogen) atoms. The summed E-state index contributed by atoms with van der Waals surface area (Å²) in [6.07, 6.45) is 1.16. The highest BCUT2D eigenvalue weighted by Crippen LogP contribution is 2.47. The molecular formula is C16H19NO4S2. The Morgan fingerprint density at radius 2 is 2.04 bits per heavy atom. The van der Waals surface area contributed by atoms with Crippen LogP contribution in [-0.4, -0.2) is 59.8 Å². The number of fused-ring (bicyclic) bond motifs is 3. The molecule has 0 bridgehead atoms. The van der Waals surface area contributed by atoms with Gasteiger partial charge in [0.2, 0.25) is 0 Å². The van der Waals surface area contributed by atoms with Gasteiger partial charge >= 0.3 is 0 Å². The summed E-state index contributed by atoms with van der Waals surface area (Å²) in [5.74, 6) is 0. The van der Waals surface area contributed by atoms with Crippen molar-refractivity contribution in [3.05, 3.63) is 35.9 Å². The Labute approximate surface area is 145 Å². The molecule has 0 N–H and O–H groups in total. The molecule has 3 aliphatic rings. The molecule has 6 atom stereocenters. The van der Waals surface area contributed by atoms with Crippen molar-refractivity contribution in [1.29, 1.82) is 0 Å². The first-order valence-corrected chi connectivity index (χ1v) is 9.24. The molecule has 0 spiro atoms. The van der Waals surface area contributed by atoms with Gasteiger partial charge in [0.15, 0.2) is 12.6 Å². The second-order valence-electron chi connectivity index (χ2n) is 5.81. The third-order valence-corrected chi connectivity index (χ3v) is 5.85. The number of hydrogen-bond acceptors (Lipinski definition) is 6. The van der Waals surface area contributed by atoms with Crippen molar-refractivity contribution in [2.45, 2.75) is 36.9 Å². The van der Waals surface area contributed by atoms with Gasteiger partial charge in [-0.25, -0.2) is 0 Å². The van der Waals surface area contributed by atoms with Crippen LogP contribution in [0.15, 0.2) is 30.3 Å². The molecule has 5 nitrogen and oxygen atoms in total. The maximum Gasteiger partial charge on any atom is 0.184 e. The zero-order valence-electron chi connectivity index (χ0n) is 13.0. The van der Waals surface area contributed by atoms with E-state index in [-0.39, 0.29) is 36.9 Å². The van der Waals surface area contributed by atoms with Crippen LogP contribution in [-0.2, 0) is 18.9 Å². The molecule has 0 aliphatic carbocycles. The molecule has 4 rings (SSSR count). The highest BCUT2D eigenvalue weighted by Gasteiger charge is 2.65. The summed E-state index contributed by atoms with van der Waals surface area (Å²) < 4.78 is 24.5. The number of hydrogen-bond donors (Lipinski definition) is 0. The monoisotopic (exact) mass is 353 g/mol. The topological polar surface area (TPSA) is 39.9 Å². The van der Waals surface area contributed by atoms with Gasteiger partial charge in [-0.1, -0.05) is 42.5 Å². The van der Waals surface area contributed by atoms with Crippen LogP contribution in [0.1, 0.15) is 11.9 Å². The number of nitrogens with zero attached hydrogens (tertiary/aromatic N) is 1. The van der Waals surface area contributed by atoms with Crippen molar-refractivity contribution in [3.8, 4) is 0 Å². The molecule has 3 heterocycles. The maximum absolute atomic E-state index is 6.23. The van der Waals surface area contributed by atoms with Gasteiger partial charge in [0.05, 0.1) is 12.6 Å². The van der Waals surface area contributed by atoms with Gasteiger partial charge in [0.1, 0.15) is 22.6 Å². The fraction of sp³-hybridized carbons (Fsp3) is 0.562. The van der Waals surface area contributed by atoms with Gasteiger partial charge in [-0.05, 0) is 6.26 Å². The van der Waals surface area contributed by atoms with Gasteiger partial charge in [0, 0.05) is 12.7 Å². The summed E-state index contributed by atoms with van der Waals surface area (Å²) in [6, 6.07) is 10.3. The zero-order valence-corrected chi connectivity index (χ0v) is 14.6. The summed E-state index contributed by atoms with van der Waals surface area (Å²) in [7, 11) is 1.66. The number of rotatable bonds is 2.